The summed E-state index contributed by atoms with van der Waals surface area (Å²) in [6, 6.07) is 12.9. The Morgan fingerprint density at radius 1 is 1.29 bits per heavy atom. The van der Waals surface area contributed by atoms with Crippen molar-refractivity contribution in [2.75, 3.05) is 11.9 Å². The van der Waals surface area contributed by atoms with Gasteiger partial charge in [0.05, 0.1) is 17.2 Å². The highest BCUT2D eigenvalue weighted by Crippen LogP contribution is 2.23. The zero-order valence-electron chi connectivity index (χ0n) is 11.7. The van der Waals surface area contributed by atoms with Crippen LogP contribution in [0.4, 0.5) is 5.69 Å². The summed E-state index contributed by atoms with van der Waals surface area (Å²) in [5, 5.41) is 3.59. The third kappa shape index (κ3) is 3.89. The van der Waals surface area contributed by atoms with Gasteiger partial charge in [0.25, 0.3) is 0 Å². The largest absolute Gasteiger partial charge is 0.494 e. The van der Waals surface area contributed by atoms with Crippen molar-refractivity contribution in [2.45, 2.75) is 13.5 Å². The lowest BCUT2D eigenvalue weighted by atomic mass is 10.1. The molecule has 2 aromatic carbocycles. The summed E-state index contributed by atoms with van der Waals surface area (Å²) in [6.07, 6.45) is 0. The van der Waals surface area contributed by atoms with Crippen LogP contribution in [0.25, 0.3) is 0 Å². The molecule has 110 valence electrons. The van der Waals surface area contributed by atoms with E-state index in [9.17, 15) is 4.79 Å². The first kappa shape index (κ1) is 15.2. The fourth-order valence-electron chi connectivity index (χ4n) is 1.97. The van der Waals surface area contributed by atoms with E-state index in [-0.39, 0.29) is 0 Å². The number of hydrogen-bond acceptors (Lipinski definition) is 3. The highest BCUT2D eigenvalue weighted by molar-refractivity contribution is 6.34. The first-order valence-corrected chi connectivity index (χ1v) is 7.03. The molecule has 3 N–H and O–H groups in total. The maximum Gasteiger partial charge on any atom is 0.250 e. The highest BCUT2D eigenvalue weighted by Gasteiger charge is 2.07. The predicted octanol–water partition coefficient (Wildman–Crippen LogP) is 3.45. The molecule has 0 bridgehead atoms. The normalized spacial score (nSPS) is 10.2. The molecule has 0 aliphatic rings. The number of nitrogens with two attached hydrogens (primary N) is 1. The first-order chi connectivity index (χ1) is 10.1. The fraction of sp³-hybridized carbons (Fsp3) is 0.188. The van der Waals surface area contributed by atoms with E-state index in [2.05, 4.69) is 5.32 Å². The lowest BCUT2D eigenvalue weighted by molar-refractivity contribution is 0.100. The Labute approximate surface area is 128 Å². The van der Waals surface area contributed by atoms with Crippen molar-refractivity contribution in [3.63, 3.8) is 0 Å². The minimum atomic E-state index is -0.534. The molecule has 0 saturated carbocycles. The SMILES string of the molecule is CCOc1ccccc1CNc1ccc(C(N)=O)c(Cl)c1. The molecule has 0 aromatic heterocycles. The van der Waals surface area contributed by atoms with Gasteiger partial charge in [0.2, 0.25) is 5.91 Å². The number of halogens is 1. The van der Waals surface area contributed by atoms with Crippen LogP contribution in [0.3, 0.4) is 0 Å². The maximum atomic E-state index is 11.1. The summed E-state index contributed by atoms with van der Waals surface area (Å²) in [5.74, 6) is 0.320. The molecular formula is C16H17ClN2O2. The number of hydrogen-bond donors (Lipinski definition) is 2. The lowest BCUT2D eigenvalue weighted by Crippen LogP contribution is -2.11. The summed E-state index contributed by atoms with van der Waals surface area (Å²) in [5.41, 5.74) is 7.41. The van der Waals surface area contributed by atoms with Crippen molar-refractivity contribution < 1.29 is 9.53 Å². The molecule has 2 aromatic rings. The maximum absolute atomic E-state index is 11.1. The zero-order valence-corrected chi connectivity index (χ0v) is 12.5. The zero-order chi connectivity index (χ0) is 15.2. The van der Waals surface area contributed by atoms with Crippen LogP contribution >= 0.6 is 11.6 Å². The summed E-state index contributed by atoms with van der Waals surface area (Å²) < 4.78 is 5.57. The smallest absolute Gasteiger partial charge is 0.250 e. The Morgan fingerprint density at radius 3 is 2.71 bits per heavy atom. The molecule has 21 heavy (non-hydrogen) atoms. The highest BCUT2D eigenvalue weighted by atomic mass is 35.5. The second-order valence-corrected chi connectivity index (χ2v) is 4.86. The Balaban J connectivity index is 2.10. The van der Waals surface area contributed by atoms with E-state index in [1.165, 1.54) is 0 Å². The molecule has 0 aliphatic carbocycles. The van der Waals surface area contributed by atoms with E-state index in [0.717, 1.165) is 17.0 Å². The van der Waals surface area contributed by atoms with Crippen molar-refractivity contribution in [3.8, 4) is 5.75 Å². The Hall–Kier alpha value is -2.20. The summed E-state index contributed by atoms with van der Waals surface area (Å²) in [7, 11) is 0. The lowest BCUT2D eigenvalue weighted by Gasteiger charge is -2.12. The van der Waals surface area contributed by atoms with E-state index < -0.39 is 5.91 Å². The van der Waals surface area contributed by atoms with Gasteiger partial charge in [0.1, 0.15) is 5.75 Å². The van der Waals surface area contributed by atoms with Crippen LogP contribution in [0.1, 0.15) is 22.8 Å². The number of para-hydroxylation sites is 1. The predicted molar refractivity (Wildman–Crippen MR) is 84.9 cm³/mol. The van der Waals surface area contributed by atoms with Gasteiger partial charge in [-0.1, -0.05) is 29.8 Å². The minimum absolute atomic E-state index is 0.317. The van der Waals surface area contributed by atoms with E-state index in [0.29, 0.717) is 23.7 Å². The van der Waals surface area contributed by atoms with E-state index in [1.807, 2.05) is 31.2 Å². The Morgan fingerprint density at radius 2 is 2.05 bits per heavy atom. The van der Waals surface area contributed by atoms with Gasteiger partial charge in [0.15, 0.2) is 0 Å². The average Bonchev–Trinajstić information content (AvgIpc) is 2.46. The van der Waals surface area contributed by atoms with Crippen LogP contribution in [0.15, 0.2) is 42.5 Å². The second kappa shape index (κ2) is 6.99. The topological polar surface area (TPSA) is 64.3 Å². The molecule has 0 atom stereocenters. The fourth-order valence-corrected chi connectivity index (χ4v) is 2.24. The molecule has 0 fully saturated rings. The molecule has 2 rings (SSSR count). The molecule has 4 nitrogen and oxygen atoms in total. The standard InChI is InChI=1S/C16H17ClN2O2/c1-2-21-15-6-4-3-5-11(15)10-19-12-7-8-13(16(18)20)14(17)9-12/h3-9,19H,2,10H2,1H3,(H2,18,20). The number of amides is 1. The van der Waals surface area contributed by atoms with Gasteiger partial charge >= 0.3 is 0 Å². The Bertz CT molecular complexity index is 644. The van der Waals surface area contributed by atoms with Crippen molar-refractivity contribution in [2.24, 2.45) is 5.73 Å². The number of nitrogens with one attached hydrogen (secondary N) is 1. The van der Waals surface area contributed by atoms with Crippen molar-refractivity contribution in [1.82, 2.24) is 0 Å². The number of benzene rings is 2. The van der Waals surface area contributed by atoms with Crippen LogP contribution in [0, 0.1) is 0 Å². The van der Waals surface area contributed by atoms with Crippen LogP contribution in [0.5, 0.6) is 5.75 Å². The van der Waals surface area contributed by atoms with E-state index in [4.69, 9.17) is 22.1 Å². The summed E-state index contributed by atoms with van der Waals surface area (Å²) in [6.45, 7) is 3.17. The number of ether oxygens (including phenoxy) is 1. The molecule has 0 unspecified atom stereocenters. The van der Waals surface area contributed by atoms with Gasteiger partial charge in [-0.05, 0) is 31.2 Å². The number of anilines is 1. The molecule has 0 saturated heterocycles. The first-order valence-electron chi connectivity index (χ1n) is 6.65. The van der Waals surface area contributed by atoms with Crippen molar-refractivity contribution in [3.05, 3.63) is 58.6 Å². The van der Waals surface area contributed by atoms with Gasteiger partial charge in [0, 0.05) is 17.8 Å². The number of primary amides is 1. The minimum Gasteiger partial charge on any atom is -0.494 e. The van der Waals surface area contributed by atoms with Gasteiger partial charge in [-0.25, -0.2) is 0 Å². The monoisotopic (exact) mass is 304 g/mol. The summed E-state index contributed by atoms with van der Waals surface area (Å²) >= 11 is 6.02. The van der Waals surface area contributed by atoms with Crippen LogP contribution in [-0.2, 0) is 6.54 Å². The third-order valence-electron chi connectivity index (χ3n) is 2.99. The Kier molecular flexibility index (Phi) is 5.06. The molecule has 5 heteroatoms. The number of carbonyl (C=O) groups excluding carboxylic acids is 1. The van der Waals surface area contributed by atoms with Gasteiger partial charge in [-0.2, -0.15) is 0 Å². The number of rotatable bonds is 6. The van der Waals surface area contributed by atoms with Gasteiger partial charge < -0.3 is 15.8 Å². The molecule has 1 amide bonds. The van der Waals surface area contributed by atoms with Gasteiger partial charge in [-0.3, -0.25) is 4.79 Å². The molecule has 0 spiro atoms. The summed E-state index contributed by atoms with van der Waals surface area (Å²) in [4.78, 5) is 11.1. The average molecular weight is 305 g/mol. The third-order valence-corrected chi connectivity index (χ3v) is 3.30. The molecule has 0 aliphatic heterocycles. The van der Waals surface area contributed by atoms with Crippen LogP contribution in [-0.4, -0.2) is 12.5 Å². The quantitative estimate of drug-likeness (QED) is 0.859. The van der Waals surface area contributed by atoms with Crippen LogP contribution < -0.4 is 15.8 Å². The second-order valence-electron chi connectivity index (χ2n) is 4.45. The number of carbonyl (C=O) groups is 1. The van der Waals surface area contributed by atoms with E-state index >= 15 is 0 Å². The molecular weight excluding hydrogens is 288 g/mol. The molecule has 0 radical (unpaired) electrons. The van der Waals surface area contributed by atoms with Gasteiger partial charge in [-0.15, -0.1) is 0 Å². The van der Waals surface area contributed by atoms with E-state index in [1.54, 1.807) is 18.2 Å². The van der Waals surface area contributed by atoms with Crippen molar-refractivity contribution >= 4 is 23.2 Å². The van der Waals surface area contributed by atoms with Crippen molar-refractivity contribution in [1.29, 1.82) is 0 Å². The molecule has 0 heterocycles. The van der Waals surface area contributed by atoms with Crippen LogP contribution in [0.2, 0.25) is 5.02 Å².